The predicted octanol–water partition coefficient (Wildman–Crippen LogP) is 4.99. The minimum Gasteiger partial charge on any atom is -0.489 e. The van der Waals surface area contributed by atoms with Crippen LogP contribution < -0.4 is 9.61 Å². The van der Waals surface area contributed by atoms with Gasteiger partial charge in [-0.2, -0.15) is 0 Å². The summed E-state index contributed by atoms with van der Waals surface area (Å²) >= 11 is 12.6. The molecule has 7 rings (SSSR count). The number of carbonyl (C=O) groups is 3. The number of carboxylic acids is 1. The SMILES string of the molecule is O=C(O)CN1C(=O)C2C3CC(C2C1=O)C1C3Sc2[nH]c(=O)sc2[C@@H]1c1cc(Br)ccc1OCc1cccc(Cl)c1. The van der Waals surface area contributed by atoms with Gasteiger partial charge in [0.05, 0.1) is 16.9 Å². The van der Waals surface area contributed by atoms with Crippen LogP contribution in [-0.2, 0) is 21.0 Å². The number of ether oxygens (including phenoxy) is 1. The van der Waals surface area contributed by atoms with Crippen LogP contribution in [0.15, 0.2) is 56.8 Å². The van der Waals surface area contributed by atoms with Crippen molar-refractivity contribution in [1.82, 2.24) is 9.88 Å². The standard InChI is InChI=1S/C28H22BrClN2O6S2/c29-12-4-5-17(38-10-11-2-1-3-13(30)6-11)14(7-12)19-20-15-8-16(23(20)39-25-24(19)40-28(37)31-25)22-21(15)26(35)32(27(22)36)9-18(33)34/h1-7,15-16,19-23H,8-10H2,(H,31,37)(H,33,34)/t15?,16?,19-,20?,21?,22?,23?/m1/s1. The van der Waals surface area contributed by atoms with Crippen molar-refractivity contribution in [3.63, 3.8) is 0 Å². The number of hydrogen-bond donors (Lipinski definition) is 2. The highest BCUT2D eigenvalue weighted by Crippen LogP contribution is 2.69. The molecule has 8 nitrogen and oxygen atoms in total. The van der Waals surface area contributed by atoms with Crippen molar-refractivity contribution in [2.75, 3.05) is 6.54 Å². The lowest BCUT2D eigenvalue weighted by Gasteiger charge is -2.43. The van der Waals surface area contributed by atoms with E-state index in [4.69, 9.17) is 16.3 Å². The number of imide groups is 1. The number of nitrogens with zero attached hydrogens (tertiary/aromatic N) is 1. The first-order valence-corrected chi connectivity index (χ1v) is 15.7. The van der Waals surface area contributed by atoms with E-state index in [9.17, 15) is 24.3 Å². The van der Waals surface area contributed by atoms with Gasteiger partial charge in [0.15, 0.2) is 0 Å². The van der Waals surface area contributed by atoms with Crippen LogP contribution in [0.25, 0.3) is 0 Å². The van der Waals surface area contributed by atoms with Gasteiger partial charge in [-0.3, -0.25) is 24.1 Å². The second kappa shape index (κ2) is 9.75. The molecule has 3 fully saturated rings. The summed E-state index contributed by atoms with van der Waals surface area (Å²) in [5, 5.41) is 10.7. The van der Waals surface area contributed by atoms with E-state index in [0.29, 0.717) is 17.4 Å². The maximum atomic E-state index is 13.4. The normalized spacial score (nSPS) is 29.9. The number of carbonyl (C=O) groups excluding carboxylic acids is 2. The molecule has 7 atom stereocenters. The molecule has 206 valence electrons. The summed E-state index contributed by atoms with van der Waals surface area (Å²) in [6, 6.07) is 13.3. The maximum absolute atomic E-state index is 13.4. The average Bonchev–Trinajstić information content (AvgIpc) is 3.64. The number of likely N-dealkylation sites (tertiary alicyclic amines) is 1. The number of aliphatic carboxylic acids is 1. The number of aromatic amines is 1. The molecule has 2 bridgehead atoms. The Balaban J connectivity index is 1.30. The van der Waals surface area contributed by atoms with Gasteiger partial charge in [0.25, 0.3) is 0 Å². The van der Waals surface area contributed by atoms with Crippen molar-refractivity contribution in [2.24, 2.45) is 29.6 Å². The van der Waals surface area contributed by atoms with Gasteiger partial charge in [-0.15, -0.1) is 11.8 Å². The zero-order chi connectivity index (χ0) is 27.9. The molecule has 1 aromatic heterocycles. The number of fused-ring (bicyclic) bond motifs is 9. The molecule has 40 heavy (non-hydrogen) atoms. The largest absolute Gasteiger partial charge is 0.489 e. The predicted molar refractivity (Wildman–Crippen MR) is 153 cm³/mol. The van der Waals surface area contributed by atoms with Crippen LogP contribution in [0.4, 0.5) is 0 Å². The summed E-state index contributed by atoms with van der Waals surface area (Å²) < 4.78 is 7.22. The number of halogens is 2. The van der Waals surface area contributed by atoms with Crippen LogP contribution >= 0.6 is 50.6 Å². The van der Waals surface area contributed by atoms with Crippen molar-refractivity contribution >= 4 is 68.4 Å². The summed E-state index contributed by atoms with van der Waals surface area (Å²) in [5.74, 6) is -2.80. The van der Waals surface area contributed by atoms with Gasteiger partial charge in [0.1, 0.15) is 18.9 Å². The quantitative estimate of drug-likeness (QED) is 0.358. The van der Waals surface area contributed by atoms with E-state index in [1.807, 2.05) is 36.4 Å². The fourth-order valence-corrected chi connectivity index (χ4v) is 10.9. The average molecular weight is 662 g/mol. The fourth-order valence-electron chi connectivity index (χ4n) is 7.40. The molecule has 12 heteroatoms. The second-order valence-electron chi connectivity index (χ2n) is 10.7. The lowest BCUT2D eigenvalue weighted by molar-refractivity contribution is -0.149. The van der Waals surface area contributed by atoms with E-state index in [0.717, 1.165) is 36.8 Å². The van der Waals surface area contributed by atoms with Crippen LogP contribution in [0, 0.1) is 29.6 Å². The minimum atomic E-state index is -1.20. The molecule has 2 aliphatic carbocycles. The Bertz CT molecular complexity index is 1640. The summed E-state index contributed by atoms with van der Waals surface area (Å²) in [6.45, 7) is -0.307. The third kappa shape index (κ3) is 4.07. The van der Waals surface area contributed by atoms with E-state index in [-0.39, 0.29) is 45.6 Å². The van der Waals surface area contributed by atoms with Gasteiger partial charge < -0.3 is 14.8 Å². The highest BCUT2D eigenvalue weighted by Gasteiger charge is 2.69. The molecule has 3 aromatic rings. The molecule has 4 aliphatic rings. The number of thiazole rings is 1. The van der Waals surface area contributed by atoms with Crippen molar-refractivity contribution in [3.8, 4) is 5.75 Å². The van der Waals surface area contributed by atoms with Crippen molar-refractivity contribution in [1.29, 1.82) is 0 Å². The molecule has 0 radical (unpaired) electrons. The first-order chi connectivity index (χ1) is 19.2. The lowest BCUT2D eigenvalue weighted by atomic mass is 9.68. The van der Waals surface area contributed by atoms with E-state index < -0.39 is 24.3 Å². The van der Waals surface area contributed by atoms with E-state index in [1.165, 1.54) is 11.3 Å². The molecular weight excluding hydrogens is 640 g/mol. The minimum absolute atomic E-state index is 0.00436. The van der Waals surface area contributed by atoms with Crippen molar-refractivity contribution < 1.29 is 24.2 Å². The Kier molecular flexibility index (Phi) is 6.41. The summed E-state index contributed by atoms with van der Waals surface area (Å²) in [4.78, 5) is 55.4. The van der Waals surface area contributed by atoms with Gasteiger partial charge in [-0.25, -0.2) is 0 Å². The first kappa shape index (κ1) is 26.3. The van der Waals surface area contributed by atoms with Gasteiger partial charge >= 0.3 is 10.8 Å². The summed E-state index contributed by atoms with van der Waals surface area (Å²) in [7, 11) is 0. The van der Waals surface area contributed by atoms with Crippen molar-refractivity contribution in [2.45, 2.75) is 29.2 Å². The summed E-state index contributed by atoms with van der Waals surface area (Å²) in [5.41, 5.74) is 1.83. The highest BCUT2D eigenvalue weighted by atomic mass is 79.9. The Morgan fingerprint density at radius 3 is 2.65 bits per heavy atom. The molecule has 2 aromatic carbocycles. The summed E-state index contributed by atoms with van der Waals surface area (Å²) in [6.07, 6.45) is 0.721. The third-order valence-corrected chi connectivity index (χ3v) is 12.0. The molecular formula is C28H22BrClN2O6S2. The van der Waals surface area contributed by atoms with Gasteiger partial charge in [0.2, 0.25) is 11.8 Å². The molecule has 6 unspecified atom stereocenters. The van der Waals surface area contributed by atoms with Gasteiger partial charge in [-0.05, 0) is 60.1 Å². The number of aromatic nitrogens is 1. The molecule has 3 heterocycles. The zero-order valence-corrected chi connectivity index (χ0v) is 24.7. The number of benzene rings is 2. The second-order valence-corrected chi connectivity index (χ2v) is 14.3. The maximum Gasteiger partial charge on any atom is 0.323 e. The monoisotopic (exact) mass is 660 g/mol. The number of amides is 2. The Hall–Kier alpha value is -2.60. The Morgan fingerprint density at radius 1 is 1.12 bits per heavy atom. The number of thioether (sulfide) groups is 1. The van der Waals surface area contributed by atoms with Crippen molar-refractivity contribution in [3.05, 3.63) is 77.6 Å². The number of hydrogen-bond acceptors (Lipinski definition) is 7. The van der Waals surface area contributed by atoms with E-state index >= 15 is 0 Å². The molecule has 0 spiro atoms. The number of nitrogens with one attached hydrogen (secondary N) is 1. The van der Waals surface area contributed by atoms with Crippen LogP contribution in [0.3, 0.4) is 0 Å². The van der Waals surface area contributed by atoms with Gasteiger partial charge in [0, 0.05) is 31.1 Å². The molecule has 2 amide bonds. The molecule has 1 saturated heterocycles. The lowest BCUT2D eigenvalue weighted by Crippen LogP contribution is -2.42. The van der Waals surface area contributed by atoms with Crippen LogP contribution in [-0.4, -0.2) is 44.6 Å². The number of H-pyrrole nitrogens is 1. The van der Waals surface area contributed by atoms with E-state index in [1.54, 1.807) is 17.8 Å². The Morgan fingerprint density at radius 2 is 1.90 bits per heavy atom. The number of rotatable bonds is 6. The molecule has 2 aliphatic heterocycles. The highest BCUT2D eigenvalue weighted by molar-refractivity contribution is 9.10. The smallest absolute Gasteiger partial charge is 0.323 e. The van der Waals surface area contributed by atoms with Crippen LogP contribution in [0.2, 0.25) is 5.02 Å². The van der Waals surface area contributed by atoms with Gasteiger partial charge in [-0.1, -0.05) is 51.0 Å². The topological polar surface area (TPSA) is 117 Å². The van der Waals surface area contributed by atoms with Crippen LogP contribution in [0.1, 0.15) is 28.3 Å². The first-order valence-electron chi connectivity index (χ1n) is 12.8. The molecule has 2 N–H and O–H groups in total. The zero-order valence-electron chi connectivity index (χ0n) is 20.7. The fraction of sp³-hybridized carbons (Fsp3) is 0.357. The Labute approximate surface area is 250 Å². The van der Waals surface area contributed by atoms with E-state index in [2.05, 4.69) is 20.9 Å². The number of carboxylic acid groups (broad SMARTS) is 1. The van der Waals surface area contributed by atoms with Crippen LogP contribution in [0.5, 0.6) is 5.75 Å². The third-order valence-electron chi connectivity index (χ3n) is 8.70. The molecule has 2 saturated carbocycles.